The average molecular weight is 234 g/mol. The summed E-state index contributed by atoms with van der Waals surface area (Å²) >= 11 is 0. The molecule has 1 fully saturated rings. The van der Waals surface area contributed by atoms with Gasteiger partial charge >= 0.3 is 5.97 Å². The van der Waals surface area contributed by atoms with Gasteiger partial charge in [0.05, 0.1) is 5.56 Å². The van der Waals surface area contributed by atoms with E-state index in [4.69, 9.17) is 5.11 Å². The molecule has 1 saturated heterocycles. The molecule has 1 heterocycles. The van der Waals surface area contributed by atoms with E-state index in [1.54, 1.807) is 12.1 Å². The summed E-state index contributed by atoms with van der Waals surface area (Å²) in [6.45, 7) is 4.03. The SMILES string of the molecule is Cc1cc(C(=O)O)ccc1NC1CCNCC1. The summed E-state index contributed by atoms with van der Waals surface area (Å²) in [6, 6.07) is 5.72. The Bertz CT molecular complexity index is 412. The van der Waals surface area contributed by atoms with Crippen LogP contribution < -0.4 is 10.6 Å². The predicted molar refractivity (Wildman–Crippen MR) is 67.7 cm³/mol. The molecule has 3 N–H and O–H groups in total. The van der Waals surface area contributed by atoms with E-state index in [2.05, 4.69) is 10.6 Å². The van der Waals surface area contributed by atoms with Crippen molar-refractivity contribution >= 4 is 11.7 Å². The first-order valence-corrected chi connectivity index (χ1v) is 5.98. The molecule has 1 aromatic rings. The number of hydrogen-bond donors (Lipinski definition) is 3. The van der Waals surface area contributed by atoms with Crippen LogP contribution in [0.2, 0.25) is 0 Å². The summed E-state index contributed by atoms with van der Waals surface area (Å²) in [5.74, 6) is -0.874. The Kier molecular flexibility index (Phi) is 3.64. The van der Waals surface area contributed by atoms with Gasteiger partial charge in [0.2, 0.25) is 0 Å². The second kappa shape index (κ2) is 5.19. The zero-order valence-electron chi connectivity index (χ0n) is 9.99. The van der Waals surface area contributed by atoms with Gasteiger partial charge in [0.1, 0.15) is 0 Å². The van der Waals surface area contributed by atoms with Crippen molar-refractivity contribution in [2.75, 3.05) is 18.4 Å². The first kappa shape index (κ1) is 11.9. The number of rotatable bonds is 3. The van der Waals surface area contributed by atoms with Crippen molar-refractivity contribution < 1.29 is 9.90 Å². The highest BCUT2D eigenvalue weighted by Crippen LogP contribution is 2.19. The molecule has 0 aliphatic carbocycles. The Morgan fingerprint density at radius 2 is 2.12 bits per heavy atom. The molecule has 0 saturated carbocycles. The van der Waals surface area contributed by atoms with E-state index in [9.17, 15) is 4.79 Å². The van der Waals surface area contributed by atoms with Crippen molar-refractivity contribution in [1.29, 1.82) is 0 Å². The molecule has 1 aliphatic rings. The zero-order valence-corrected chi connectivity index (χ0v) is 9.99. The van der Waals surface area contributed by atoms with Crippen molar-refractivity contribution in [1.82, 2.24) is 5.32 Å². The van der Waals surface area contributed by atoms with Crippen LogP contribution in [0.15, 0.2) is 18.2 Å². The van der Waals surface area contributed by atoms with Gasteiger partial charge in [0.15, 0.2) is 0 Å². The molecule has 0 spiro atoms. The molecule has 0 atom stereocenters. The number of carboxylic acids is 1. The van der Waals surface area contributed by atoms with Crippen LogP contribution in [0.1, 0.15) is 28.8 Å². The third-order valence-corrected chi connectivity index (χ3v) is 3.17. The summed E-state index contributed by atoms with van der Waals surface area (Å²) in [5, 5.41) is 15.7. The Balaban J connectivity index is 2.08. The number of piperidine rings is 1. The molecule has 17 heavy (non-hydrogen) atoms. The molecule has 0 bridgehead atoms. The number of aryl methyl sites for hydroxylation is 1. The molecule has 0 unspecified atom stereocenters. The van der Waals surface area contributed by atoms with E-state index in [1.807, 2.05) is 13.0 Å². The van der Waals surface area contributed by atoms with Crippen molar-refractivity contribution in [2.45, 2.75) is 25.8 Å². The van der Waals surface area contributed by atoms with Gasteiger partial charge in [-0.1, -0.05) is 0 Å². The van der Waals surface area contributed by atoms with Crippen molar-refractivity contribution in [2.24, 2.45) is 0 Å². The van der Waals surface area contributed by atoms with Crippen LogP contribution in [0.5, 0.6) is 0 Å². The van der Waals surface area contributed by atoms with Gasteiger partial charge in [-0.2, -0.15) is 0 Å². The monoisotopic (exact) mass is 234 g/mol. The lowest BCUT2D eigenvalue weighted by molar-refractivity contribution is 0.0697. The summed E-state index contributed by atoms with van der Waals surface area (Å²) in [6.07, 6.45) is 2.22. The molecule has 0 aromatic heterocycles. The van der Waals surface area contributed by atoms with Crippen LogP contribution in [0.25, 0.3) is 0 Å². The van der Waals surface area contributed by atoms with E-state index in [0.29, 0.717) is 11.6 Å². The van der Waals surface area contributed by atoms with Gasteiger partial charge in [0, 0.05) is 11.7 Å². The fourth-order valence-electron chi connectivity index (χ4n) is 2.14. The molecule has 4 nitrogen and oxygen atoms in total. The molecule has 92 valence electrons. The number of benzene rings is 1. The Hall–Kier alpha value is -1.55. The molecule has 0 amide bonds. The van der Waals surface area contributed by atoms with Crippen LogP contribution in [0.3, 0.4) is 0 Å². The van der Waals surface area contributed by atoms with Gasteiger partial charge in [0.25, 0.3) is 0 Å². The van der Waals surface area contributed by atoms with Gasteiger partial charge in [-0.15, -0.1) is 0 Å². The normalized spacial score (nSPS) is 16.8. The number of aromatic carboxylic acids is 1. The maximum Gasteiger partial charge on any atom is 0.335 e. The van der Waals surface area contributed by atoms with Gasteiger partial charge < -0.3 is 15.7 Å². The van der Waals surface area contributed by atoms with Gasteiger partial charge in [-0.25, -0.2) is 4.79 Å². The third kappa shape index (κ3) is 2.97. The predicted octanol–water partition coefficient (Wildman–Crippen LogP) is 1.86. The van der Waals surface area contributed by atoms with Gasteiger partial charge in [-0.3, -0.25) is 0 Å². The van der Waals surface area contributed by atoms with E-state index in [1.165, 1.54) is 0 Å². The highest BCUT2D eigenvalue weighted by Gasteiger charge is 2.13. The topological polar surface area (TPSA) is 61.4 Å². The second-order valence-corrected chi connectivity index (χ2v) is 4.50. The largest absolute Gasteiger partial charge is 0.478 e. The average Bonchev–Trinajstić information content (AvgIpc) is 2.33. The first-order chi connectivity index (χ1) is 8.16. The van der Waals surface area contributed by atoms with Gasteiger partial charge in [-0.05, 0) is 56.6 Å². The Morgan fingerprint density at radius 1 is 1.41 bits per heavy atom. The van der Waals surface area contributed by atoms with E-state index in [0.717, 1.165) is 37.2 Å². The third-order valence-electron chi connectivity index (χ3n) is 3.17. The van der Waals surface area contributed by atoms with Crippen molar-refractivity contribution in [3.63, 3.8) is 0 Å². The smallest absolute Gasteiger partial charge is 0.335 e. The molecule has 1 aromatic carbocycles. The quantitative estimate of drug-likeness (QED) is 0.747. The highest BCUT2D eigenvalue weighted by molar-refractivity contribution is 5.88. The summed E-state index contributed by atoms with van der Waals surface area (Å²) < 4.78 is 0. The fourth-order valence-corrected chi connectivity index (χ4v) is 2.14. The standard InChI is InChI=1S/C13H18N2O2/c1-9-8-10(13(16)17)2-3-12(9)15-11-4-6-14-7-5-11/h2-3,8,11,14-15H,4-7H2,1H3,(H,16,17). The Labute approximate surface area is 101 Å². The molecule has 4 heteroatoms. The minimum atomic E-state index is -0.874. The fraction of sp³-hybridized carbons (Fsp3) is 0.462. The maximum atomic E-state index is 10.8. The lowest BCUT2D eigenvalue weighted by atomic mass is 10.0. The lowest BCUT2D eigenvalue weighted by Crippen LogP contribution is -2.35. The number of hydrogen-bond acceptors (Lipinski definition) is 3. The van der Waals surface area contributed by atoms with Crippen LogP contribution in [0, 0.1) is 6.92 Å². The highest BCUT2D eigenvalue weighted by atomic mass is 16.4. The number of nitrogens with one attached hydrogen (secondary N) is 2. The molecule has 2 rings (SSSR count). The minimum Gasteiger partial charge on any atom is -0.478 e. The number of carboxylic acid groups (broad SMARTS) is 1. The van der Waals surface area contributed by atoms with Crippen LogP contribution in [-0.2, 0) is 0 Å². The number of carbonyl (C=O) groups is 1. The summed E-state index contributed by atoms with van der Waals surface area (Å²) in [5.41, 5.74) is 2.38. The molecule has 0 radical (unpaired) electrons. The minimum absolute atomic E-state index is 0.346. The molecule has 1 aliphatic heterocycles. The lowest BCUT2D eigenvalue weighted by Gasteiger charge is -2.25. The Morgan fingerprint density at radius 3 is 2.71 bits per heavy atom. The second-order valence-electron chi connectivity index (χ2n) is 4.50. The first-order valence-electron chi connectivity index (χ1n) is 5.98. The maximum absolute atomic E-state index is 10.8. The number of anilines is 1. The van der Waals surface area contributed by atoms with Crippen LogP contribution >= 0.6 is 0 Å². The molecular weight excluding hydrogens is 216 g/mol. The van der Waals surface area contributed by atoms with E-state index in [-0.39, 0.29) is 0 Å². The molecular formula is C13H18N2O2. The van der Waals surface area contributed by atoms with Crippen molar-refractivity contribution in [3.8, 4) is 0 Å². The van der Waals surface area contributed by atoms with E-state index >= 15 is 0 Å². The van der Waals surface area contributed by atoms with Crippen molar-refractivity contribution in [3.05, 3.63) is 29.3 Å². The summed E-state index contributed by atoms with van der Waals surface area (Å²) in [7, 11) is 0. The summed E-state index contributed by atoms with van der Waals surface area (Å²) in [4.78, 5) is 10.8. The van der Waals surface area contributed by atoms with E-state index < -0.39 is 5.97 Å². The van der Waals surface area contributed by atoms with Crippen LogP contribution in [0.4, 0.5) is 5.69 Å². The van der Waals surface area contributed by atoms with Crippen LogP contribution in [-0.4, -0.2) is 30.2 Å². The zero-order chi connectivity index (χ0) is 12.3.